The van der Waals surface area contributed by atoms with Crippen LogP contribution in [0.5, 0.6) is 0 Å². The lowest BCUT2D eigenvalue weighted by Crippen LogP contribution is -1.91. The second kappa shape index (κ2) is 6.79. The Labute approximate surface area is 134 Å². The van der Waals surface area contributed by atoms with Crippen LogP contribution in [0.4, 0.5) is 0 Å². The van der Waals surface area contributed by atoms with Crippen molar-refractivity contribution < 1.29 is 0 Å². The van der Waals surface area contributed by atoms with E-state index in [9.17, 15) is 0 Å². The van der Waals surface area contributed by atoms with Gasteiger partial charge in [-0.15, -0.1) is 0 Å². The molecule has 0 spiro atoms. The molecule has 0 aliphatic heterocycles. The van der Waals surface area contributed by atoms with E-state index in [1.54, 1.807) is 18.0 Å². The monoisotopic (exact) mass is 311 g/mol. The molecule has 0 bridgehead atoms. The molecule has 1 heterocycles. The van der Waals surface area contributed by atoms with Crippen molar-refractivity contribution in [2.75, 3.05) is 0 Å². The van der Waals surface area contributed by atoms with Crippen LogP contribution in [0.1, 0.15) is 11.1 Å². The Morgan fingerprint density at radius 2 is 1.71 bits per heavy atom. The molecule has 0 amide bonds. The number of pyridine rings is 1. The smallest absolute Gasteiger partial charge is 0.0406 e. The Kier molecular flexibility index (Phi) is 4.59. The quantitative estimate of drug-likeness (QED) is 0.633. The third kappa shape index (κ3) is 3.87. The molecule has 0 N–H and O–H groups in total. The van der Waals surface area contributed by atoms with Crippen LogP contribution in [0.15, 0.2) is 82.8 Å². The molecular formula is C18H14ClNS. The van der Waals surface area contributed by atoms with Gasteiger partial charge in [-0.2, -0.15) is 0 Å². The summed E-state index contributed by atoms with van der Waals surface area (Å²) in [4.78, 5) is 6.64. The van der Waals surface area contributed by atoms with Crippen LogP contribution < -0.4 is 0 Å². The summed E-state index contributed by atoms with van der Waals surface area (Å²) in [6, 6.07) is 20.5. The average molecular weight is 312 g/mol. The Balaban J connectivity index is 1.84. The molecule has 0 saturated carbocycles. The van der Waals surface area contributed by atoms with Crippen molar-refractivity contribution in [3.63, 3.8) is 0 Å². The Hall–Kier alpha value is -1.77. The van der Waals surface area contributed by atoms with Crippen molar-refractivity contribution in [1.82, 2.24) is 4.98 Å². The number of hydrogen-bond acceptors (Lipinski definition) is 2. The maximum Gasteiger partial charge on any atom is 0.0406 e. The van der Waals surface area contributed by atoms with Gasteiger partial charge in [0.05, 0.1) is 0 Å². The molecule has 0 saturated heterocycles. The van der Waals surface area contributed by atoms with Gasteiger partial charge in [-0.25, -0.2) is 0 Å². The summed E-state index contributed by atoms with van der Waals surface area (Å²) in [5.41, 5.74) is 2.53. The van der Waals surface area contributed by atoms with Crippen LogP contribution in [-0.2, 0) is 6.42 Å². The topological polar surface area (TPSA) is 12.9 Å². The highest BCUT2D eigenvalue weighted by Crippen LogP contribution is 2.32. The van der Waals surface area contributed by atoms with Crippen molar-refractivity contribution in [1.29, 1.82) is 0 Å². The molecule has 0 radical (unpaired) electrons. The predicted octanol–water partition coefficient (Wildman–Crippen LogP) is 5.48. The Bertz CT molecular complexity index is 711. The molecule has 3 aromatic rings. The molecular weight excluding hydrogens is 298 g/mol. The molecule has 2 aromatic carbocycles. The van der Waals surface area contributed by atoms with E-state index in [1.807, 2.05) is 36.5 Å². The Morgan fingerprint density at radius 3 is 2.48 bits per heavy atom. The minimum atomic E-state index is 0.767. The van der Waals surface area contributed by atoms with Gasteiger partial charge in [-0.05, 0) is 47.5 Å². The molecule has 1 aromatic heterocycles. The predicted molar refractivity (Wildman–Crippen MR) is 89.1 cm³/mol. The highest BCUT2D eigenvalue weighted by Gasteiger charge is 2.05. The first-order chi connectivity index (χ1) is 10.3. The summed E-state index contributed by atoms with van der Waals surface area (Å²) in [6.45, 7) is 0. The highest BCUT2D eigenvalue weighted by atomic mass is 35.5. The molecule has 3 heteroatoms. The van der Waals surface area contributed by atoms with Crippen LogP contribution in [-0.4, -0.2) is 4.98 Å². The third-order valence-corrected chi connectivity index (χ3v) is 4.51. The van der Waals surface area contributed by atoms with Gasteiger partial charge in [0.25, 0.3) is 0 Å². The first-order valence-electron chi connectivity index (χ1n) is 6.71. The molecule has 0 aliphatic carbocycles. The van der Waals surface area contributed by atoms with Gasteiger partial charge in [-0.1, -0.05) is 47.6 Å². The van der Waals surface area contributed by atoms with E-state index in [4.69, 9.17) is 11.6 Å². The summed E-state index contributed by atoms with van der Waals surface area (Å²) in [6.07, 6.45) is 4.62. The van der Waals surface area contributed by atoms with Crippen LogP contribution in [0.3, 0.4) is 0 Å². The largest absolute Gasteiger partial charge is 0.264 e. The zero-order valence-electron chi connectivity index (χ0n) is 11.4. The maximum atomic E-state index is 5.94. The highest BCUT2D eigenvalue weighted by molar-refractivity contribution is 7.99. The van der Waals surface area contributed by atoms with E-state index >= 15 is 0 Å². The van der Waals surface area contributed by atoms with Gasteiger partial charge in [0.2, 0.25) is 0 Å². The van der Waals surface area contributed by atoms with Crippen molar-refractivity contribution >= 4 is 23.4 Å². The molecule has 0 unspecified atom stereocenters. The van der Waals surface area contributed by atoms with Gasteiger partial charge >= 0.3 is 0 Å². The SMILES string of the molecule is Clc1ccc(Sc2ccccc2Cc2cccnc2)cc1. The van der Waals surface area contributed by atoms with Crippen LogP contribution in [0, 0.1) is 0 Å². The van der Waals surface area contributed by atoms with Gasteiger partial charge in [0.1, 0.15) is 0 Å². The summed E-state index contributed by atoms with van der Waals surface area (Å²) >= 11 is 7.70. The first-order valence-corrected chi connectivity index (χ1v) is 7.91. The van der Waals surface area contributed by atoms with E-state index in [2.05, 4.69) is 35.3 Å². The first kappa shape index (κ1) is 14.2. The average Bonchev–Trinajstić information content (AvgIpc) is 2.52. The summed E-state index contributed by atoms with van der Waals surface area (Å²) < 4.78 is 0. The number of rotatable bonds is 4. The number of halogens is 1. The van der Waals surface area contributed by atoms with Crippen LogP contribution >= 0.6 is 23.4 Å². The molecule has 0 atom stereocenters. The summed E-state index contributed by atoms with van der Waals surface area (Å²) in [5.74, 6) is 0. The molecule has 104 valence electrons. The van der Waals surface area contributed by atoms with Gasteiger partial charge < -0.3 is 0 Å². The lowest BCUT2D eigenvalue weighted by molar-refractivity contribution is 1.10. The van der Waals surface area contributed by atoms with Crippen molar-refractivity contribution in [3.05, 3.63) is 89.2 Å². The molecule has 21 heavy (non-hydrogen) atoms. The van der Waals surface area contributed by atoms with Crippen molar-refractivity contribution in [2.45, 2.75) is 16.2 Å². The van der Waals surface area contributed by atoms with E-state index < -0.39 is 0 Å². The lowest BCUT2D eigenvalue weighted by atomic mass is 10.1. The fourth-order valence-corrected chi connectivity index (χ4v) is 3.17. The molecule has 3 rings (SSSR count). The molecule has 1 nitrogen and oxygen atoms in total. The van der Waals surface area contributed by atoms with E-state index in [0.717, 1.165) is 11.4 Å². The van der Waals surface area contributed by atoms with Crippen LogP contribution in [0.25, 0.3) is 0 Å². The van der Waals surface area contributed by atoms with Crippen molar-refractivity contribution in [3.8, 4) is 0 Å². The fourth-order valence-electron chi connectivity index (χ4n) is 2.10. The molecule has 0 aliphatic rings. The third-order valence-electron chi connectivity index (χ3n) is 3.13. The van der Waals surface area contributed by atoms with Crippen LogP contribution in [0.2, 0.25) is 5.02 Å². The second-order valence-electron chi connectivity index (χ2n) is 4.70. The number of hydrogen-bond donors (Lipinski definition) is 0. The van der Waals surface area contributed by atoms with Gasteiger partial charge in [-0.3, -0.25) is 4.98 Å². The van der Waals surface area contributed by atoms with Gasteiger partial charge in [0, 0.05) is 33.6 Å². The van der Waals surface area contributed by atoms with Crippen molar-refractivity contribution in [2.24, 2.45) is 0 Å². The second-order valence-corrected chi connectivity index (χ2v) is 6.25. The summed E-state index contributed by atoms with van der Waals surface area (Å²) in [5, 5.41) is 0.767. The van der Waals surface area contributed by atoms with Gasteiger partial charge in [0.15, 0.2) is 0 Å². The number of benzene rings is 2. The maximum absolute atomic E-state index is 5.94. The summed E-state index contributed by atoms with van der Waals surface area (Å²) in [7, 11) is 0. The minimum absolute atomic E-state index is 0.767. The lowest BCUT2D eigenvalue weighted by Gasteiger charge is -2.09. The molecule has 0 fully saturated rings. The van der Waals surface area contributed by atoms with E-state index in [1.165, 1.54) is 20.9 Å². The minimum Gasteiger partial charge on any atom is -0.264 e. The number of nitrogens with zero attached hydrogens (tertiary/aromatic N) is 1. The normalized spacial score (nSPS) is 10.5. The fraction of sp³-hybridized carbons (Fsp3) is 0.0556. The number of aromatic nitrogens is 1. The van der Waals surface area contributed by atoms with E-state index in [0.29, 0.717) is 0 Å². The zero-order valence-corrected chi connectivity index (χ0v) is 12.9. The van der Waals surface area contributed by atoms with E-state index in [-0.39, 0.29) is 0 Å². The zero-order chi connectivity index (χ0) is 14.5. The Morgan fingerprint density at radius 1 is 0.905 bits per heavy atom. The standard InChI is InChI=1S/C18H14ClNS/c19-16-7-9-17(10-8-16)21-18-6-2-1-5-15(18)12-14-4-3-11-20-13-14/h1-11,13H,12H2.